The van der Waals surface area contributed by atoms with Crippen LogP contribution in [0.2, 0.25) is 5.02 Å². The highest BCUT2D eigenvalue weighted by molar-refractivity contribution is 7.89. The molecule has 0 spiro atoms. The van der Waals surface area contributed by atoms with Crippen molar-refractivity contribution in [1.82, 2.24) is 4.31 Å². The minimum absolute atomic E-state index is 0.117. The molecule has 1 aliphatic heterocycles. The van der Waals surface area contributed by atoms with Crippen LogP contribution in [0.3, 0.4) is 0 Å². The summed E-state index contributed by atoms with van der Waals surface area (Å²) >= 11 is 5.79. The van der Waals surface area contributed by atoms with E-state index in [4.69, 9.17) is 11.6 Å². The third-order valence-electron chi connectivity index (χ3n) is 4.40. The SMILES string of the molecule is O=[N+]([O-])c1ccc(N2CCN(S(=O)(=O)c3ccc(Cl)cc3)CC2)c([N+](=O)[O-])c1. The van der Waals surface area contributed by atoms with E-state index < -0.39 is 19.9 Å². The molecule has 1 heterocycles. The molecule has 0 aromatic heterocycles. The van der Waals surface area contributed by atoms with E-state index in [-0.39, 0.29) is 48.1 Å². The first-order valence-electron chi connectivity index (χ1n) is 8.13. The Labute approximate surface area is 165 Å². The van der Waals surface area contributed by atoms with Gasteiger partial charge < -0.3 is 4.90 Å². The van der Waals surface area contributed by atoms with Gasteiger partial charge in [-0.2, -0.15) is 4.31 Å². The standard InChI is InChI=1S/C16H15ClN4O6S/c17-12-1-4-14(5-2-12)28(26,27)19-9-7-18(8-10-19)15-6-3-13(20(22)23)11-16(15)21(24)25/h1-6,11H,7-10H2. The van der Waals surface area contributed by atoms with Crippen molar-refractivity contribution in [3.8, 4) is 0 Å². The third-order valence-corrected chi connectivity index (χ3v) is 6.56. The molecule has 0 N–H and O–H groups in total. The predicted octanol–water partition coefficient (Wildman–Crippen LogP) is 2.67. The average molecular weight is 427 g/mol. The fourth-order valence-electron chi connectivity index (χ4n) is 2.96. The summed E-state index contributed by atoms with van der Waals surface area (Å²) in [5, 5.41) is 22.6. The van der Waals surface area contributed by atoms with Gasteiger partial charge in [0, 0.05) is 37.3 Å². The normalized spacial score (nSPS) is 15.4. The molecule has 10 nitrogen and oxygen atoms in total. The summed E-state index contributed by atoms with van der Waals surface area (Å²) in [6, 6.07) is 9.25. The molecule has 0 amide bonds. The lowest BCUT2D eigenvalue weighted by Gasteiger charge is -2.35. The maximum Gasteiger partial charge on any atom is 0.299 e. The van der Waals surface area contributed by atoms with E-state index in [1.165, 1.54) is 40.7 Å². The predicted molar refractivity (Wildman–Crippen MR) is 102 cm³/mol. The van der Waals surface area contributed by atoms with Crippen LogP contribution in [0.4, 0.5) is 17.1 Å². The number of nitro benzene ring substituents is 2. The van der Waals surface area contributed by atoms with Crippen molar-refractivity contribution in [3.63, 3.8) is 0 Å². The fraction of sp³-hybridized carbons (Fsp3) is 0.250. The third kappa shape index (κ3) is 3.91. The van der Waals surface area contributed by atoms with Gasteiger partial charge in [-0.05, 0) is 30.3 Å². The largest absolute Gasteiger partial charge is 0.363 e. The van der Waals surface area contributed by atoms with E-state index in [1.807, 2.05) is 0 Å². The Hall–Kier alpha value is -2.76. The number of benzene rings is 2. The molecule has 1 aliphatic rings. The number of halogens is 1. The number of anilines is 1. The zero-order valence-corrected chi connectivity index (χ0v) is 16.0. The monoisotopic (exact) mass is 426 g/mol. The number of piperazine rings is 1. The van der Waals surface area contributed by atoms with Gasteiger partial charge in [0.1, 0.15) is 5.69 Å². The Morgan fingerprint density at radius 2 is 1.50 bits per heavy atom. The number of sulfonamides is 1. The van der Waals surface area contributed by atoms with Crippen molar-refractivity contribution in [2.75, 3.05) is 31.1 Å². The molecule has 0 aliphatic carbocycles. The summed E-state index contributed by atoms with van der Waals surface area (Å²) in [7, 11) is -3.70. The smallest absolute Gasteiger partial charge is 0.299 e. The second-order valence-electron chi connectivity index (χ2n) is 6.03. The second kappa shape index (κ2) is 7.70. The topological polar surface area (TPSA) is 127 Å². The minimum Gasteiger partial charge on any atom is -0.363 e. The van der Waals surface area contributed by atoms with E-state index in [0.29, 0.717) is 5.02 Å². The Balaban J connectivity index is 1.79. The highest BCUT2D eigenvalue weighted by Crippen LogP contribution is 2.33. The number of non-ortho nitro benzene ring substituents is 1. The van der Waals surface area contributed by atoms with E-state index >= 15 is 0 Å². The maximum atomic E-state index is 12.7. The number of nitro groups is 2. The highest BCUT2D eigenvalue weighted by atomic mass is 35.5. The van der Waals surface area contributed by atoms with Crippen LogP contribution in [0.15, 0.2) is 47.4 Å². The zero-order valence-electron chi connectivity index (χ0n) is 14.4. The van der Waals surface area contributed by atoms with Crippen LogP contribution in [0.25, 0.3) is 0 Å². The molecular weight excluding hydrogens is 412 g/mol. The molecule has 0 saturated carbocycles. The average Bonchev–Trinajstić information content (AvgIpc) is 2.68. The first kappa shape index (κ1) is 20.0. The molecule has 0 bridgehead atoms. The van der Waals surface area contributed by atoms with E-state index in [2.05, 4.69) is 0 Å². The van der Waals surface area contributed by atoms with Gasteiger partial charge in [-0.3, -0.25) is 20.2 Å². The lowest BCUT2D eigenvalue weighted by Crippen LogP contribution is -2.48. The molecule has 148 valence electrons. The summed E-state index contributed by atoms with van der Waals surface area (Å²) < 4.78 is 26.7. The van der Waals surface area contributed by atoms with Gasteiger partial charge >= 0.3 is 0 Å². The van der Waals surface area contributed by atoms with Gasteiger partial charge in [0.05, 0.1) is 20.8 Å². The number of hydrogen-bond acceptors (Lipinski definition) is 7. The van der Waals surface area contributed by atoms with Crippen molar-refractivity contribution in [3.05, 3.63) is 67.7 Å². The summed E-state index contributed by atoms with van der Waals surface area (Å²) in [4.78, 5) is 22.6. The van der Waals surface area contributed by atoms with Crippen LogP contribution in [0.5, 0.6) is 0 Å². The van der Waals surface area contributed by atoms with E-state index in [9.17, 15) is 28.6 Å². The van der Waals surface area contributed by atoms with Gasteiger partial charge in [0.25, 0.3) is 11.4 Å². The molecule has 2 aromatic rings. The fourth-order valence-corrected chi connectivity index (χ4v) is 4.51. The van der Waals surface area contributed by atoms with Gasteiger partial charge in [0.15, 0.2) is 0 Å². The van der Waals surface area contributed by atoms with Crippen LogP contribution in [0.1, 0.15) is 0 Å². The Morgan fingerprint density at radius 3 is 2.04 bits per heavy atom. The molecule has 3 rings (SSSR count). The van der Waals surface area contributed by atoms with E-state index in [1.54, 1.807) is 4.90 Å². The van der Waals surface area contributed by atoms with Gasteiger partial charge in [-0.15, -0.1) is 0 Å². The molecule has 0 unspecified atom stereocenters. The molecule has 0 radical (unpaired) electrons. The first-order valence-corrected chi connectivity index (χ1v) is 9.95. The van der Waals surface area contributed by atoms with Crippen molar-refractivity contribution >= 4 is 38.7 Å². The summed E-state index contributed by atoms with van der Waals surface area (Å²) in [5.74, 6) is 0. The number of rotatable bonds is 5. The molecule has 28 heavy (non-hydrogen) atoms. The molecular formula is C16H15ClN4O6S. The van der Waals surface area contributed by atoms with E-state index in [0.717, 1.165) is 6.07 Å². The van der Waals surface area contributed by atoms with Crippen molar-refractivity contribution in [2.24, 2.45) is 0 Å². The van der Waals surface area contributed by atoms with Crippen LogP contribution in [0, 0.1) is 20.2 Å². The van der Waals surface area contributed by atoms with Gasteiger partial charge in [0.2, 0.25) is 10.0 Å². The van der Waals surface area contributed by atoms with Gasteiger partial charge in [-0.25, -0.2) is 8.42 Å². The quantitative estimate of drug-likeness (QED) is 0.531. The Morgan fingerprint density at radius 1 is 0.893 bits per heavy atom. The Kier molecular flexibility index (Phi) is 5.49. The maximum absolute atomic E-state index is 12.7. The van der Waals surface area contributed by atoms with Crippen molar-refractivity contribution < 1.29 is 18.3 Å². The lowest BCUT2D eigenvalue weighted by molar-refractivity contribution is -0.393. The molecule has 2 aromatic carbocycles. The van der Waals surface area contributed by atoms with Crippen LogP contribution in [-0.2, 0) is 10.0 Å². The number of hydrogen-bond donors (Lipinski definition) is 0. The lowest BCUT2D eigenvalue weighted by atomic mass is 10.2. The first-order chi connectivity index (χ1) is 13.2. The molecule has 1 fully saturated rings. The summed E-state index contributed by atoms with van der Waals surface area (Å²) in [6.07, 6.45) is 0. The zero-order chi connectivity index (χ0) is 20.5. The van der Waals surface area contributed by atoms with Crippen molar-refractivity contribution in [1.29, 1.82) is 0 Å². The van der Waals surface area contributed by atoms with Crippen molar-refractivity contribution in [2.45, 2.75) is 4.90 Å². The number of nitrogens with zero attached hydrogens (tertiary/aromatic N) is 4. The molecule has 1 saturated heterocycles. The summed E-state index contributed by atoms with van der Waals surface area (Å²) in [6.45, 7) is 0.676. The van der Waals surface area contributed by atoms with Crippen LogP contribution in [-0.4, -0.2) is 48.7 Å². The summed E-state index contributed by atoms with van der Waals surface area (Å²) in [5.41, 5.74) is -0.540. The molecule has 12 heteroatoms. The van der Waals surface area contributed by atoms with Gasteiger partial charge in [-0.1, -0.05) is 11.6 Å². The highest BCUT2D eigenvalue weighted by Gasteiger charge is 2.31. The minimum atomic E-state index is -3.70. The Bertz CT molecular complexity index is 1020. The molecule has 0 atom stereocenters. The van der Waals surface area contributed by atoms with Crippen LogP contribution >= 0.6 is 11.6 Å². The van der Waals surface area contributed by atoms with Crippen LogP contribution < -0.4 is 4.90 Å². The second-order valence-corrected chi connectivity index (χ2v) is 8.41.